The van der Waals surface area contributed by atoms with E-state index in [1.165, 1.54) is 17.1 Å². The monoisotopic (exact) mass is 426 g/mol. The molecule has 30 heavy (non-hydrogen) atoms. The Labute approximate surface area is 175 Å². The molecular weight excluding hydrogens is 404 g/mol. The van der Waals surface area contributed by atoms with E-state index in [0.29, 0.717) is 11.4 Å². The molecule has 0 spiro atoms. The summed E-state index contributed by atoms with van der Waals surface area (Å²) in [6.07, 6.45) is 2.06. The van der Waals surface area contributed by atoms with Gasteiger partial charge in [-0.15, -0.1) is 0 Å². The van der Waals surface area contributed by atoms with Crippen molar-refractivity contribution in [3.8, 4) is 0 Å². The number of benzene rings is 2. The fourth-order valence-corrected chi connectivity index (χ4v) is 4.46. The fraction of sp³-hybridized carbons (Fsp3) is 0.286. The van der Waals surface area contributed by atoms with Crippen LogP contribution in [0.5, 0.6) is 0 Å². The minimum atomic E-state index is -3.62. The Morgan fingerprint density at radius 1 is 1.10 bits per heavy atom. The molecule has 1 heterocycles. The molecule has 1 aliphatic heterocycles. The van der Waals surface area contributed by atoms with Crippen LogP contribution in [0.2, 0.25) is 0 Å². The van der Waals surface area contributed by atoms with Gasteiger partial charge < -0.3 is 5.32 Å². The molecule has 2 aliphatic rings. The molecule has 2 aromatic rings. The Kier molecular flexibility index (Phi) is 5.40. The SMILES string of the molecule is Cc1cccc(N2N=C(C(=O)Nc3cccc(S(=O)(=O)NC4CC4)c3)CCC2=O)c1. The number of aryl methyl sites for hydroxylation is 1. The van der Waals surface area contributed by atoms with Crippen molar-refractivity contribution in [3.05, 3.63) is 54.1 Å². The maximum atomic E-state index is 12.7. The summed E-state index contributed by atoms with van der Waals surface area (Å²) in [7, 11) is -3.62. The van der Waals surface area contributed by atoms with E-state index in [4.69, 9.17) is 0 Å². The molecule has 0 unspecified atom stereocenters. The second-order valence-corrected chi connectivity index (χ2v) is 9.18. The predicted molar refractivity (Wildman–Crippen MR) is 114 cm³/mol. The number of carbonyl (C=O) groups excluding carboxylic acids is 2. The summed E-state index contributed by atoms with van der Waals surface area (Å²) >= 11 is 0. The lowest BCUT2D eigenvalue weighted by atomic mass is 10.1. The molecule has 1 fully saturated rings. The maximum Gasteiger partial charge on any atom is 0.271 e. The van der Waals surface area contributed by atoms with Crippen molar-refractivity contribution in [2.75, 3.05) is 10.3 Å². The first kappa shape index (κ1) is 20.2. The van der Waals surface area contributed by atoms with Gasteiger partial charge in [0.25, 0.3) is 5.91 Å². The minimum Gasteiger partial charge on any atom is -0.321 e. The van der Waals surface area contributed by atoms with Crippen LogP contribution in [0.4, 0.5) is 11.4 Å². The molecule has 156 valence electrons. The summed E-state index contributed by atoms with van der Waals surface area (Å²) < 4.78 is 27.4. The van der Waals surface area contributed by atoms with Crippen molar-refractivity contribution in [3.63, 3.8) is 0 Å². The quantitative estimate of drug-likeness (QED) is 0.740. The summed E-state index contributed by atoms with van der Waals surface area (Å²) in [4.78, 5) is 25.1. The van der Waals surface area contributed by atoms with Gasteiger partial charge in [0.15, 0.2) is 0 Å². The van der Waals surface area contributed by atoms with Crippen LogP contribution in [0.15, 0.2) is 58.5 Å². The molecule has 1 aliphatic carbocycles. The lowest BCUT2D eigenvalue weighted by Gasteiger charge is -2.23. The second kappa shape index (κ2) is 8.00. The third kappa shape index (κ3) is 4.58. The van der Waals surface area contributed by atoms with Gasteiger partial charge in [-0.25, -0.2) is 18.1 Å². The van der Waals surface area contributed by atoms with Gasteiger partial charge in [-0.2, -0.15) is 5.10 Å². The summed E-state index contributed by atoms with van der Waals surface area (Å²) in [6, 6.07) is 13.4. The summed E-state index contributed by atoms with van der Waals surface area (Å²) in [5.41, 5.74) is 2.13. The van der Waals surface area contributed by atoms with Gasteiger partial charge in [0.2, 0.25) is 15.9 Å². The molecular formula is C21H22N4O4S. The Bertz CT molecular complexity index is 1140. The first-order valence-electron chi connectivity index (χ1n) is 9.73. The molecule has 0 radical (unpaired) electrons. The molecule has 0 bridgehead atoms. The van der Waals surface area contributed by atoms with Crippen LogP contribution < -0.4 is 15.0 Å². The van der Waals surface area contributed by atoms with Crippen LogP contribution in [-0.2, 0) is 19.6 Å². The highest BCUT2D eigenvalue weighted by Gasteiger charge is 2.29. The van der Waals surface area contributed by atoms with Crippen molar-refractivity contribution in [1.82, 2.24) is 4.72 Å². The van der Waals surface area contributed by atoms with Crippen molar-refractivity contribution in [2.45, 2.75) is 43.5 Å². The third-order valence-corrected chi connectivity index (χ3v) is 6.36. The van der Waals surface area contributed by atoms with E-state index < -0.39 is 15.9 Å². The van der Waals surface area contributed by atoms with Crippen LogP contribution in [0.1, 0.15) is 31.2 Å². The Balaban J connectivity index is 1.53. The van der Waals surface area contributed by atoms with E-state index in [0.717, 1.165) is 18.4 Å². The molecule has 0 saturated heterocycles. The fourth-order valence-electron chi connectivity index (χ4n) is 3.11. The normalized spacial score (nSPS) is 16.9. The molecule has 0 aromatic heterocycles. The Hall–Kier alpha value is -3.04. The standard InChI is InChI=1S/C21H22N4O4S/c1-14-4-2-6-17(12-14)25-20(26)11-10-19(23-25)21(27)22-16-5-3-7-18(13-16)30(28,29)24-15-8-9-15/h2-7,12-13,15,24H,8-11H2,1H3,(H,22,27). The van der Waals surface area contributed by atoms with Crippen molar-refractivity contribution in [2.24, 2.45) is 5.10 Å². The van der Waals surface area contributed by atoms with Crippen LogP contribution >= 0.6 is 0 Å². The topological polar surface area (TPSA) is 108 Å². The average Bonchev–Trinajstić information content (AvgIpc) is 3.52. The van der Waals surface area contributed by atoms with Crippen LogP contribution in [-0.4, -0.2) is 32.0 Å². The summed E-state index contributed by atoms with van der Waals surface area (Å²) in [5, 5.41) is 8.18. The highest BCUT2D eigenvalue weighted by atomic mass is 32.2. The molecule has 2 N–H and O–H groups in total. The lowest BCUT2D eigenvalue weighted by Crippen LogP contribution is -2.36. The number of sulfonamides is 1. The van der Waals surface area contributed by atoms with Gasteiger partial charge in [0.05, 0.1) is 10.6 Å². The van der Waals surface area contributed by atoms with E-state index in [1.54, 1.807) is 18.2 Å². The number of hydrogen-bond donors (Lipinski definition) is 2. The van der Waals surface area contributed by atoms with Gasteiger partial charge in [-0.05, 0) is 55.7 Å². The number of nitrogens with one attached hydrogen (secondary N) is 2. The van der Waals surface area contributed by atoms with E-state index in [9.17, 15) is 18.0 Å². The van der Waals surface area contributed by atoms with Crippen LogP contribution in [0, 0.1) is 6.92 Å². The molecule has 2 amide bonds. The summed E-state index contributed by atoms with van der Waals surface area (Å²) in [6.45, 7) is 1.91. The maximum absolute atomic E-state index is 12.7. The van der Waals surface area contributed by atoms with Crippen LogP contribution in [0.3, 0.4) is 0 Å². The number of hydrogen-bond acceptors (Lipinski definition) is 5. The summed E-state index contributed by atoms with van der Waals surface area (Å²) in [5.74, 6) is -0.652. The predicted octanol–water partition coefficient (Wildman–Crippen LogP) is 2.56. The molecule has 9 heteroatoms. The Morgan fingerprint density at radius 2 is 1.87 bits per heavy atom. The zero-order valence-corrected chi connectivity index (χ0v) is 17.3. The zero-order chi connectivity index (χ0) is 21.3. The lowest BCUT2D eigenvalue weighted by molar-refractivity contribution is -0.118. The van der Waals surface area contributed by atoms with Gasteiger partial charge in [-0.1, -0.05) is 18.2 Å². The van der Waals surface area contributed by atoms with Crippen molar-refractivity contribution >= 4 is 38.9 Å². The van der Waals surface area contributed by atoms with Crippen molar-refractivity contribution < 1.29 is 18.0 Å². The molecule has 4 rings (SSSR count). The average molecular weight is 426 g/mol. The third-order valence-electron chi connectivity index (χ3n) is 4.84. The minimum absolute atomic E-state index is 0.00464. The molecule has 8 nitrogen and oxygen atoms in total. The first-order valence-corrected chi connectivity index (χ1v) is 11.2. The van der Waals surface area contributed by atoms with Gasteiger partial charge in [0.1, 0.15) is 5.71 Å². The smallest absolute Gasteiger partial charge is 0.271 e. The molecule has 2 aromatic carbocycles. The van der Waals surface area contributed by atoms with Gasteiger partial charge >= 0.3 is 0 Å². The number of amides is 2. The zero-order valence-electron chi connectivity index (χ0n) is 16.5. The molecule has 0 atom stereocenters. The number of carbonyl (C=O) groups is 2. The second-order valence-electron chi connectivity index (χ2n) is 7.47. The van der Waals surface area contributed by atoms with E-state index in [-0.39, 0.29) is 35.4 Å². The highest BCUT2D eigenvalue weighted by Crippen LogP contribution is 2.24. The van der Waals surface area contributed by atoms with Crippen LogP contribution in [0.25, 0.3) is 0 Å². The number of nitrogens with zero attached hydrogens (tertiary/aromatic N) is 2. The highest BCUT2D eigenvalue weighted by molar-refractivity contribution is 7.89. The van der Waals surface area contributed by atoms with Gasteiger partial charge in [0, 0.05) is 24.6 Å². The van der Waals surface area contributed by atoms with Crippen molar-refractivity contribution in [1.29, 1.82) is 0 Å². The largest absolute Gasteiger partial charge is 0.321 e. The van der Waals surface area contributed by atoms with Gasteiger partial charge in [-0.3, -0.25) is 9.59 Å². The number of hydrazone groups is 1. The number of rotatable bonds is 6. The van der Waals surface area contributed by atoms with E-state index in [2.05, 4.69) is 15.1 Å². The number of anilines is 2. The Morgan fingerprint density at radius 3 is 2.60 bits per heavy atom. The molecule has 1 saturated carbocycles. The first-order chi connectivity index (χ1) is 14.3. The van der Waals surface area contributed by atoms with E-state index >= 15 is 0 Å². The van der Waals surface area contributed by atoms with E-state index in [1.807, 2.05) is 25.1 Å².